The number of hydrazone groups is 1. The molecule has 0 bridgehead atoms. The standard InChI is InChI=1S/C11H13N3S2/c1-7-4-5-15-10(7)6-12-14-11-13-8(2)9(3)16-11/h4-6H,1-3H3,(H,13,14)/b12-6-. The predicted molar refractivity (Wildman–Crippen MR) is 71.9 cm³/mol. The molecule has 16 heavy (non-hydrogen) atoms. The van der Waals surface area contributed by atoms with Crippen molar-refractivity contribution >= 4 is 34.0 Å². The highest BCUT2D eigenvalue weighted by Gasteiger charge is 2.01. The lowest BCUT2D eigenvalue weighted by Gasteiger charge is -1.92. The summed E-state index contributed by atoms with van der Waals surface area (Å²) in [6.45, 7) is 6.14. The first-order valence-electron chi connectivity index (χ1n) is 4.94. The van der Waals surface area contributed by atoms with Crippen molar-refractivity contribution in [3.8, 4) is 0 Å². The first-order valence-corrected chi connectivity index (χ1v) is 6.63. The molecule has 1 N–H and O–H groups in total. The smallest absolute Gasteiger partial charge is 0.203 e. The molecule has 0 radical (unpaired) electrons. The number of nitrogens with one attached hydrogen (secondary N) is 1. The van der Waals surface area contributed by atoms with E-state index in [-0.39, 0.29) is 0 Å². The molecule has 0 amide bonds. The molecule has 0 aliphatic carbocycles. The normalized spacial score (nSPS) is 11.2. The minimum Gasteiger partial charge on any atom is -0.253 e. The Balaban J connectivity index is 2.02. The Hall–Kier alpha value is -1.20. The third-order valence-corrected chi connectivity index (χ3v) is 4.20. The van der Waals surface area contributed by atoms with Crippen LogP contribution in [0.2, 0.25) is 0 Å². The van der Waals surface area contributed by atoms with Crippen LogP contribution in [0.25, 0.3) is 0 Å². The molecule has 2 aromatic heterocycles. The van der Waals surface area contributed by atoms with Gasteiger partial charge in [0.2, 0.25) is 5.13 Å². The first-order chi connectivity index (χ1) is 7.66. The van der Waals surface area contributed by atoms with Crippen LogP contribution in [0.15, 0.2) is 16.5 Å². The predicted octanol–water partition coefficient (Wildman–Crippen LogP) is 3.58. The maximum atomic E-state index is 4.35. The molecule has 0 saturated carbocycles. The molecule has 0 unspecified atom stereocenters. The van der Waals surface area contributed by atoms with Crippen molar-refractivity contribution in [2.75, 3.05) is 5.43 Å². The highest BCUT2D eigenvalue weighted by Crippen LogP contribution is 2.21. The second-order valence-electron chi connectivity index (χ2n) is 3.50. The van der Waals surface area contributed by atoms with Gasteiger partial charge in [0.1, 0.15) is 0 Å². The number of rotatable bonds is 3. The van der Waals surface area contributed by atoms with Gasteiger partial charge in [-0.05, 0) is 37.8 Å². The van der Waals surface area contributed by atoms with Crippen LogP contribution in [0, 0.1) is 20.8 Å². The lowest BCUT2D eigenvalue weighted by Crippen LogP contribution is -1.89. The summed E-state index contributed by atoms with van der Waals surface area (Å²) in [5, 5.41) is 7.09. The molecule has 2 aromatic rings. The van der Waals surface area contributed by atoms with Crippen molar-refractivity contribution in [3.63, 3.8) is 0 Å². The van der Waals surface area contributed by atoms with Gasteiger partial charge in [-0.2, -0.15) is 5.10 Å². The van der Waals surface area contributed by atoms with E-state index in [1.54, 1.807) is 22.7 Å². The van der Waals surface area contributed by atoms with Gasteiger partial charge in [0, 0.05) is 9.75 Å². The minimum atomic E-state index is 0.848. The van der Waals surface area contributed by atoms with E-state index in [2.05, 4.69) is 40.8 Å². The number of aromatic nitrogens is 1. The lowest BCUT2D eigenvalue weighted by molar-refractivity contribution is 1.20. The van der Waals surface area contributed by atoms with Crippen LogP contribution < -0.4 is 5.43 Å². The van der Waals surface area contributed by atoms with Crippen molar-refractivity contribution in [1.82, 2.24) is 4.98 Å². The van der Waals surface area contributed by atoms with Gasteiger partial charge in [0.15, 0.2) is 0 Å². The van der Waals surface area contributed by atoms with Crippen molar-refractivity contribution in [1.29, 1.82) is 0 Å². The maximum Gasteiger partial charge on any atom is 0.203 e. The molecule has 0 saturated heterocycles. The van der Waals surface area contributed by atoms with E-state index in [9.17, 15) is 0 Å². The van der Waals surface area contributed by atoms with Crippen LogP contribution in [0.1, 0.15) is 21.0 Å². The lowest BCUT2D eigenvalue weighted by atomic mass is 10.3. The topological polar surface area (TPSA) is 37.3 Å². The molecule has 0 aliphatic rings. The second kappa shape index (κ2) is 4.76. The fourth-order valence-electron chi connectivity index (χ4n) is 1.18. The number of hydrogen-bond acceptors (Lipinski definition) is 5. The number of anilines is 1. The summed E-state index contributed by atoms with van der Waals surface area (Å²) in [7, 11) is 0. The summed E-state index contributed by atoms with van der Waals surface area (Å²) in [5.74, 6) is 0. The Bertz CT molecular complexity index is 492. The highest BCUT2D eigenvalue weighted by atomic mass is 32.1. The Morgan fingerprint density at radius 2 is 2.19 bits per heavy atom. The van der Waals surface area contributed by atoms with E-state index in [1.165, 1.54) is 15.3 Å². The number of hydrogen-bond donors (Lipinski definition) is 1. The van der Waals surface area contributed by atoms with Gasteiger partial charge in [0.25, 0.3) is 0 Å². The number of aryl methyl sites for hydroxylation is 3. The maximum absolute atomic E-state index is 4.35. The van der Waals surface area contributed by atoms with E-state index in [1.807, 2.05) is 13.1 Å². The van der Waals surface area contributed by atoms with Crippen LogP contribution in [-0.2, 0) is 0 Å². The van der Waals surface area contributed by atoms with Crippen molar-refractivity contribution in [2.45, 2.75) is 20.8 Å². The van der Waals surface area contributed by atoms with Gasteiger partial charge in [-0.3, -0.25) is 5.43 Å². The Morgan fingerprint density at radius 3 is 2.75 bits per heavy atom. The molecule has 84 valence electrons. The third-order valence-electron chi connectivity index (χ3n) is 2.27. The highest BCUT2D eigenvalue weighted by molar-refractivity contribution is 7.15. The molecule has 0 fully saturated rings. The van der Waals surface area contributed by atoms with Crippen LogP contribution in [-0.4, -0.2) is 11.2 Å². The largest absolute Gasteiger partial charge is 0.253 e. The van der Waals surface area contributed by atoms with E-state index < -0.39 is 0 Å². The molecule has 0 aliphatic heterocycles. The quantitative estimate of drug-likeness (QED) is 0.669. The zero-order valence-corrected chi connectivity index (χ0v) is 11.1. The van der Waals surface area contributed by atoms with E-state index >= 15 is 0 Å². The summed E-state index contributed by atoms with van der Waals surface area (Å²) < 4.78 is 0. The molecule has 2 rings (SSSR count). The molecule has 5 heteroatoms. The van der Waals surface area contributed by atoms with Gasteiger partial charge in [-0.1, -0.05) is 0 Å². The number of thiophene rings is 1. The SMILES string of the molecule is Cc1ccsc1/C=N\Nc1nc(C)c(C)s1. The molecule has 0 aromatic carbocycles. The van der Waals surface area contributed by atoms with Gasteiger partial charge in [-0.25, -0.2) is 4.98 Å². The van der Waals surface area contributed by atoms with Gasteiger partial charge in [0.05, 0.1) is 11.9 Å². The van der Waals surface area contributed by atoms with Gasteiger partial charge in [-0.15, -0.1) is 22.7 Å². The van der Waals surface area contributed by atoms with E-state index in [0.717, 1.165) is 10.8 Å². The van der Waals surface area contributed by atoms with Gasteiger partial charge >= 0.3 is 0 Å². The van der Waals surface area contributed by atoms with Crippen LogP contribution in [0.4, 0.5) is 5.13 Å². The monoisotopic (exact) mass is 251 g/mol. The molecule has 0 atom stereocenters. The second-order valence-corrected chi connectivity index (χ2v) is 5.65. The summed E-state index contributed by atoms with van der Waals surface area (Å²) in [4.78, 5) is 6.75. The van der Waals surface area contributed by atoms with Crippen LogP contribution in [0.3, 0.4) is 0 Å². The van der Waals surface area contributed by atoms with Crippen molar-refractivity contribution in [2.24, 2.45) is 5.10 Å². The zero-order chi connectivity index (χ0) is 11.5. The van der Waals surface area contributed by atoms with E-state index in [4.69, 9.17) is 0 Å². The minimum absolute atomic E-state index is 0.848. The average Bonchev–Trinajstić information content (AvgIpc) is 2.76. The molecule has 0 spiro atoms. The first kappa shape index (κ1) is 11.3. The number of thiazole rings is 1. The Kier molecular flexibility index (Phi) is 3.36. The third kappa shape index (κ3) is 2.48. The van der Waals surface area contributed by atoms with Crippen molar-refractivity contribution in [3.05, 3.63) is 32.5 Å². The summed E-state index contributed by atoms with van der Waals surface area (Å²) >= 11 is 3.31. The summed E-state index contributed by atoms with van der Waals surface area (Å²) in [6, 6.07) is 2.09. The molecule has 2 heterocycles. The molecular weight excluding hydrogens is 238 g/mol. The Morgan fingerprint density at radius 1 is 1.38 bits per heavy atom. The van der Waals surface area contributed by atoms with Gasteiger partial charge < -0.3 is 0 Å². The van der Waals surface area contributed by atoms with Crippen LogP contribution >= 0.6 is 22.7 Å². The zero-order valence-electron chi connectivity index (χ0n) is 9.44. The Labute approximate surface area is 103 Å². The fourth-order valence-corrected chi connectivity index (χ4v) is 2.73. The summed E-state index contributed by atoms with van der Waals surface area (Å²) in [6.07, 6.45) is 1.84. The van der Waals surface area contributed by atoms with Crippen LogP contribution in [0.5, 0.6) is 0 Å². The molecular formula is C11H13N3S2. The fraction of sp³-hybridized carbons (Fsp3) is 0.273. The molecule has 3 nitrogen and oxygen atoms in total. The number of nitrogens with zero attached hydrogens (tertiary/aromatic N) is 2. The van der Waals surface area contributed by atoms with Crippen molar-refractivity contribution < 1.29 is 0 Å². The summed E-state index contributed by atoms with van der Waals surface area (Å²) in [5.41, 5.74) is 5.27. The average molecular weight is 251 g/mol. The van der Waals surface area contributed by atoms with E-state index in [0.29, 0.717) is 0 Å².